The molecule has 0 aliphatic heterocycles. The van der Waals surface area contributed by atoms with Gasteiger partial charge >= 0.3 is 0 Å². The number of pyridine rings is 1. The number of benzene rings is 2. The number of aliphatic hydroxyl groups excluding tert-OH is 1. The summed E-state index contributed by atoms with van der Waals surface area (Å²) in [7, 11) is -0.690. The summed E-state index contributed by atoms with van der Waals surface area (Å²) in [6.45, 7) is -0.0272. The highest BCUT2D eigenvalue weighted by Crippen LogP contribution is 2.31. The molecule has 0 unspecified atom stereocenters. The van der Waals surface area contributed by atoms with Gasteiger partial charge in [0.2, 0.25) is 0 Å². The van der Waals surface area contributed by atoms with Crippen LogP contribution in [0.1, 0.15) is 5.69 Å². The highest BCUT2D eigenvalue weighted by atomic mass is 31.1. The fraction of sp³-hybridized carbons (Fsp3) is 0.0556. The van der Waals surface area contributed by atoms with Crippen LogP contribution in [-0.4, -0.2) is 10.1 Å². The molecule has 0 fully saturated rings. The summed E-state index contributed by atoms with van der Waals surface area (Å²) >= 11 is 0. The molecule has 3 rings (SSSR count). The molecule has 0 atom stereocenters. The minimum absolute atomic E-state index is 0.0272. The van der Waals surface area contributed by atoms with Gasteiger partial charge in [-0.05, 0) is 22.7 Å². The summed E-state index contributed by atoms with van der Waals surface area (Å²) < 4.78 is 0. The van der Waals surface area contributed by atoms with E-state index in [0.29, 0.717) is 5.69 Å². The first-order valence-corrected chi connectivity index (χ1v) is 8.19. The predicted octanol–water partition coefficient (Wildman–Crippen LogP) is 2.33. The molecular formula is C18H16NOP. The van der Waals surface area contributed by atoms with Gasteiger partial charge in [-0.25, -0.2) is 4.98 Å². The number of aliphatic hydroxyl groups is 1. The van der Waals surface area contributed by atoms with E-state index >= 15 is 0 Å². The summed E-state index contributed by atoms with van der Waals surface area (Å²) in [5.74, 6) is 0. The number of hydrogen-bond acceptors (Lipinski definition) is 2. The van der Waals surface area contributed by atoms with E-state index in [1.54, 1.807) is 0 Å². The van der Waals surface area contributed by atoms with Gasteiger partial charge in [0.05, 0.1) is 17.7 Å². The fourth-order valence-electron chi connectivity index (χ4n) is 2.25. The third kappa shape index (κ3) is 3.18. The van der Waals surface area contributed by atoms with Gasteiger partial charge < -0.3 is 5.11 Å². The van der Waals surface area contributed by atoms with E-state index in [0.717, 1.165) is 5.44 Å². The van der Waals surface area contributed by atoms with Gasteiger partial charge in [-0.1, -0.05) is 66.7 Å². The zero-order valence-electron chi connectivity index (χ0n) is 11.6. The van der Waals surface area contributed by atoms with Crippen molar-refractivity contribution in [3.8, 4) is 0 Å². The zero-order chi connectivity index (χ0) is 14.5. The lowest BCUT2D eigenvalue weighted by molar-refractivity contribution is 0.277. The minimum Gasteiger partial charge on any atom is -0.390 e. The van der Waals surface area contributed by atoms with Crippen molar-refractivity contribution in [2.45, 2.75) is 6.61 Å². The van der Waals surface area contributed by atoms with Crippen LogP contribution in [0.15, 0.2) is 78.9 Å². The maximum atomic E-state index is 9.33. The molecular weight excluding hydrogens is 277 g/mol. The summed E-state index contributed by atoms with van der Waals surface area (Å²) in [6.07, 6.45) is 0. The summed E-state index contributed by atoms with van der Waals surface area (Å²) in [5.41, 5.74) is 1.74. The molecule has 21 heavy (non-hydrogen) atoms. The molecule has 1 aromatic heterocycles. The molecule has 104 valence electrons. The van der Waals surface area contributed by atoms with Crippen molar-refractivity contribution in [2.75, 3.05) is 0 Å². The zero-order valence-corrected chi connectivity index (χ0v) is 12.4. The maximum absolute atomic E-state index is 9.33. The predicted molar refractivity (Wildman–Crippen MR) is 88.9 cm³/mol. The molecule has 0 spiro atoms. The topological polar surface area (TPSA) is 33.1 Å². The van der Waals surface area contributed by atoms with Gasteiger partial charge in [0, 0.05) is 7.92 Å². The van der Waals surface area contributed by atoms with Crippen LogP contribution in [0.4, 0.5) is 0 Å². The molecule has 2 aromatic carbocycles. The lowest BCUT2D eigenvalue weighted by Gasteiger charge is -2.18. The van der Waals surface area contributed by atoms with Crippen molar-refractivity contribution < 1.29 is 5.11 Å². The first-order valence-electron chi connectivity index (χ1n) is 6.85. The minimum atomic E-state index is -0.690. The van der Waals surface area contributed by atoms with Crippen LogP contribution < -0.4 is 16.0 Å². The van der Waals surface area contributed by atoms with Crippen molar-refractivity contribution in [1.82, 2.24) is 4.98 Å². The molecule has 0 aliphatic carbocycles. The average Bonchev–Trinajstić information content (AvgIpc) is 2.57. The largest absolute Gasteiger partial charge is 0.390 e. The van der Waals surface area contributed by atoms with Crippen LogP contribution in [-0.2, 0) is 6.61 Å². The molecule has 1 heterocycles. The van der Waals surface area contributed by atoms with Crippen LogP contribution >= 0.6 is 7.92 Å². The lowest BCUT2D eigenvalue weighted by Crippen LogP contribution is -2.23. The third-order valence-electron chi connectivity index (χ3n) is 3.21. The second-order valence-electron chi connectivity index (χ2n) is 4.65. The molecule has 0 saturated carbocycles. The summed E-state index contributed by atoms with van der Waals surface area (Å²) in [6, 6.07) is 26.7. The van der Waals surface area contributed by atoms with Gasteiger partial charge in [0.25, 0.3) is 0 Å². The first kappa shape index (κ1) is 13.9. The molecule has 1 N–H and O–H groups in total. The number of nitrogens with zero attached hydrogens (tertiary/aromatic N) is 1. The Bertz CT molecular complexity index is 661. The molecule has 0 aliphatic rings. The Hall–Kier alpha value is -2.02. The van der Waals surface area contributed by atoms with Crippen molar-refractivity contribution in [3.63, 3.8) is 0 Å². The Morgan fingerprint density at radius 3 is 1.81 bits per heavy atom. The number of rotatable bonds is 4. The van der Waals surface area contributed by atoms with Crippen molar-refractivity contribution >= 4 is 24.0 Å². The van der Waals surface area contributed by atoms with Crippen LogP contribution in [0.5, 0.6) is 0 Å². The Kier molecular flexibility index (Phi) is 4.40. The molecule has 0 radical (unpaired) electrons. The molecule has 0 bridgehead atoms. The molecule has 3 aromatic rings. The normalized spacial score (nSPS) is 10.8. The van der Waals surface area contributed by atoms with E-state index in [2.05, 4.69) is 53.5 Å². The van der Waals surface area contributed by atoms with Crippen molar-refractivity contribution in [1.29, 1.82) is 0 Å². The Morgan fingerprint density at radius 2 is 1.29 bits per heavy atom. The van der Waals surface area contributed by atoms with Crippen LogP contribution in [0.3, 0.4) is 0 Å². The summed E-state index contributed by atoms with van der Waals surface area (Å²) in [5, 5.41) is 11.9. The van der Waals surface area contributed by atoms with Gasteiger partial charge in [0.1, 0.15) is 0 Å². The second-order valence-corrected chi connectivity index (χ2v) is 6.81. The van der Waals surface area contributed by atoms with Gasteiger partial charge in [0.15, 0.2) is 0 Å². The Balaban J connectivity index is 2.12. The van der Waals surface area contributed by atoms with E-state index in [1.807, 2.05) is 30.3 Å². The van der Waals surface area contributed by atoms with Gasteiger partial charge in [-0.15, -0.1) is 0 Å². The quantitative estimate of drug-likeness (QED) is 0.749. The molecule has 2 nitrogen and oxygen atoms in total. The van der Waals surface area contributed by atoms with E-state index in [1.165, 1.54) is 10.6 Å². The lowest BCUT2D eigenvalue weighted by atomic mass is 10.4. The van der Waals surface area contributed by atoms with Crippen LogP contribution in [0.2, 0.25) is 0 Å². The Morgan fingerprint density at radius 1 is 0.714 bits per heavy atom. The highest BCUT2D eigenvalue weighted by molar-refractivity contribution is 7.79. The van der Waals surface area contributed by atoms with Crippen LogP contribution in [0.25, 0.3) is 0 Å². The number of aromatic nitrogens is 1. The van der Waals surface area contributed by atoms with E-state index in [9.17, 15) is 5.11 Å². The van der Waals surface area contributed by atoms with Crippen molar-refractivity contribution in [3.05, 3.63) is 84.6 Å². The van der Waals surface area contributed by atoms with Gasteiger partial charge in [-0.3, -0.25) is 0 Å². The molecule has 3 heteroatoms. The van der Waals surface area contributed by atoms with Crippen molar-refractivity contribution in [2.24, 2.45) is 0 Å². The smallest absolute Gasteiger partial charge is 0.0853 e. The highest BCUT2D eigenvalue weighted by Gasteiger charge is 2.17. The Labute approximate surface area is 125 Å². The van der Waals surface area contributed by atoms with E-state index in [-0.39, 0.29) is 6.61 Å². The van der Waals surface area contributed by atoms with E-state index in [4.69, 9.17) is 0 Å². The van der Waals surface area contributed by atoms with E-state index < -0.39 is 7.92 Å². The summed E-state index contributed by atoms with van der Waals surface area (Å²) in [4.78, 5) is 4.62. The van der Waals surface area contributed by atoms with Crippen LogP contribution in [0, 0.1) is 0 Å². The standard InChI is InChI=1S/C18H16NOP/c20-14-15-8-7-13-18(19-15)21(16-9-3-1-4-10-16)17-11-5-2-6-12-17/h1-13,20H,14H2. The first-order chi connectivity index (χ1) is 10.4. The SMILES string of the molecule is OCc1cccc(P(c2ccccc2)c2ccccc2)n1. The second kappa shape index (κ2) is 6.62. The molecule has 0 amide bonds. The fourth-order valence-corrected chi connectivity index (χ4v) is 4.48. The third-order valence-corrected chi connectivity index (χ3v) is 5.55. The molecule has 0 saturated heterocycles. The monoisotopic (exact) mass is 293 g/mol. The maximum Gasteiger partial charge on any atom is 0.0853 e. The van der Waals surface area contributed by atoms with Gasteiger partial charge in [-0.2, -0.15) is 0 Å². The average molecular weight is 293 g/mol. The number of hydrogen-bond donors (Lipinski definition) is 1.